The standard InChI is InChI=1S/C32H29NO5/c34-27-12-4-10-25-31(27)30(32-26(11-5-13-28(32)35)33(25)18-29(36)37)21-14-16-23(17-15-21)38-19-22-8-3-7-20-6-1-2-9-24(20)22/h1-3,6-9,14-17,30H,4-5,10-13,18-19H2,(H,36,37). The maximum Gasteiger partial charge on any atom is 0.323 e. The molecule has 6 nitrogen and oxygen atoms in total. The van der Waals surface area contributed by atoms with Crippen molar-refractivity contribution >= 4 is 28.3 Å². The first-order valence-electron chi connectivity index (χ1n) is 13.2. The van der Waals surface area contributed by atoms with E-state index < -0.39 is 11.9 Å². The highest BCUT2D eigenvalue weighted by molar-refractivity contribution is 6.06. The maximum atomic E-state index is 13.3. The van der Waals surface area contributed by atoms with Gasteiger partial charge in [0.05, 0.1) is 0 Å². The number of ether oxygens (including phenoxy) is 1. The molecular weight excluding hydrogens is 478 g/mol. The van der Waals surface area contributed by atoms with E-state index in [9.17, 15) is 19.5 Å². The third-order valence-corrected chi connectivity index (χ3v) is 7.87. The predicted octanol–water partition coefficient (Wildman–Crippen LogP) is 5.92. The fraction of sp³-hybridized carbons (Fsp3) is 0.281. The van der Waals surface area contributed by atoms with Gasteiger partial charge in [-0.3, -0.25) is 14.4 Å². The van der Waals surface area contributed by atoms with E-state index in [1.54, 1.807) is 4.90 Å². The number of carboxylic acid groups (broad SMARTS) is 1. The molecule has 192 valence electrons. The Kier molecular flexibility index (Phi) is 6.32. The molecule has 3 aliphatic rings. The van der Waals surface area contributed by atoms with E-state index in [2.05, 4.69) is 24.3 Å². The molecule has 0 atom stereocenters. The van der Waals surface area contributed by atoms with E-state index in [0.29, 0.717) is 62.0 Å². The van der Waals surface area contributed by atoms with Crippen LogP contribution < -0.4 is 4.74 Å². The Morgan fingerprint density at radius 1 is 0.816 bits per heavy atom. The molecule has 1 N–H and O–H groups in total. The quantitative estimate of drug-likeness (QED) is 0.446. The van der Waals surface area contributed by atoms with Crippen LogP contribution >= 0.6 is 0 Å². The van der Waals surface area contributed by atoms with Crippen LogP contribution in [0, 0.1) is 0 Å². The van der Waals surface area contributed by atoms with Crippen molar-refractivity contribution in [2.24, 2.45) is 0 Å². The third kappa shape index (κ3) is 4.30. The molecule has 0 spiro atoms. The van der Waals surface area contributed by atoms with Gasteiger partial charge in [-0.1, -0.05) is 54.6 Å². The monoisotopic (exact) mass is 507 g/mol. The van der Waals surface area contributed by atoms with E-state index >= 15 is 0 Å². The van der Waals surface area contributed by atoms with Gasteiger partial charge >= 0.3 is 5.97 Å². The molecule has 3 aromatic carbocycles. The van der Waals surface area contributed by atoms with Crippen LogP contribution in [0.5, 0.6) is 5.75 Å². The largest absolute Gasteiger partial charge is 0.489 e. The van der Waals surface area contributed by atoms with Gasteiger partial charge in [0.25, 0.3) is 0 Å². The molecule has 0 unspecified atom stereocenters. The number of carbonyl (C=O) groups is 3. The van der Waals surface area contributed by atoms with Crippen molar-refractivity contribution < 1.29 is 24.2 Å². The summed E-state index contributed by atoms with van der Waals surface area (Å²) in [4.78, 5) is 40.0. The molecule has 0 saturated heterocycles. The van der Waals surface area contributed by atoms with Crippen molar-refractivity contribution in [3.8, 4) is 5.75 Å². The minimum atomic E-state index is -0.967. The SMILES string of the molecule is O=C(O)CN1C2=C(C(=O)CCC2)C(c2ccc(OCc3cccc4ccccc34)cc2)C2=C1CCCC2=O. The summed E-state index contributed by atoms with van der Waals surface area (Å²) in [5, 5.41) is 11.9. The molecule has 0 radical (unpaired) electrons. The highest BCUT2D eigenvalue weighted by Gasteiger charge is 2.43. The molecule has 0 saturated carbocycles. The van der Waals surface area contributed by atoms with Crippen LogP contribution in [0.1, 0.15) is 55.6 Å². The number of carboxylic acids is 1. The second-order valence-corrected chi connectivity index (χ2v) is 10.2. The number of hydrogen-bond acceptors (Lipinski definition) is 5. The van der Waals surface area contributed by atoms with E-state index in [4.69, 9.17) is 4.74 Å². The highest BCUT2D eigenvalue weighted by Crippen LogP contribution is 2.49. The summed E-state index contributed by atoms with van der Waals surface area (Å²) < 4.78 is 6.13. The number of ketones is 2. The minimum absolute atomic E-state index is 0.00726. The van der Waals surface area contributed by atoms with Gasteiger partial charge < -0.3 is 14.7 Å². The Morgan fingerprint density at radius 2 is 1.45 bits per heavy atom. The second-order valence-electron chi connectivity index (χ2n) is 10.2. The number of Topliss-reactive ketones (excluding diaryl/α,β-unsaturated/α-hetero) is 2. The van der Waals surface area contributed by atoms with Crippen molar-refractivity contribution in [1.29, 1.82) is 0 Å². The lowest BCUT2D eigenvalue weighted by Gasteiger charge is -2.43. The van der Waals surface area contributed by atoms with Gasteiger partial charge in [-0.25, -0.2) is 0 Å². The molecular formula is C32H29NO5. The number of rotatable bonds is 6. The van der Waals surface area contributed by atoms with Crippen molar-refractivity contribution in [1.82, 2.24) is 4.90 Å². The number of hydrogen-bond donors (Lipinski definition) is 1. The number of benzene rings is 3. The van der Waals surface area contributed by atoms with Crippen molar-refractivity contribution in [3.63, 3.8) is 0 Å². The molecule has 0 amide bonds. The average molecular weight is 508 g/mol. The minimum Gasteiger partial charge on any atom is -0.489 e. The molecule has 38 heavy (non-hydrogen) atoms. The molecule has 0 fully saturated rings. The second kappa shape index (κ2) is 9.93. The van der Waals surface area contributed by atoms with Crippen LogP contribution in [0.3, 0.4) is 0 Å². The van der Waals surface area contributed by atoms with E-state index in [1.165, 1.54) is 5.39 Å². The van der Waals surface area contributed by atoms with Gasteiger partial charge in [0.15, 0.2) is 11.6 Å². The van der Waals surface area contributed by atoms with Gasteiger partial charge in [-0.05, 0) is 59.7 Å². The fourth-order valence-electron chi connectivity index (χ4n) is 6.21. The van der Waals surface area contributed by atoms with Crippen molar-refractivity contribution in [2.75, 3.05) is 6.54 Å². The predicted molar refractivity (Wildman–Crippen MR) is 144 cm³/mol. The molecule has 6 rings (SSSR count). The first-order chi connectivity index (χ1) is 18.5. The summed E-state index contributed by atoms with van der Waals surface area (Å²) in [6, 6.07) is 22.1. The van der Waals surface area contributed by atoms with E-state index in [1.807, 2.05) is 42.5 Å². The Morgan fingerprint density at radius 3 is 2.11 bits per heavy atom. The lowest BCUT2D eigenvalue weighted by atomic mass is 9.71. The van der Waals surface area contributed by atoms with Gasteiger partial charge in [0, 0.05) is 41.3 Å². The molecule has 1 aliphatic heterocycles. The summed E-state index contributed by atoms with van der Waals surface area (Å²) in [7, 11) is 0. The zero-order chi connectivity index (χ0) is 26.2. The number of carbonyl (C=O) groups excluding carboxylic acids is 2. The highest BCUT2D eigenvalue weighted by atomic mass is 16.5. The normalized spacial score (nSPS) is 18.1. The average Bonchev–Trinajstić information content (AvgIpc) is 2.93. The summed E-state index contributed by atoms with van der Waals surface area (Å²) >= 11 is 0. The van der Waals surface area contributed by atoms with Gasteiger partial charge in [0.1, 0.15) is 18.9 Å². The first-order valence-corrected chi connectivity index (χ1v) is 13.2. The summed E-state index contributed by atoms with van der Waals surface area (Å²) in [5.41, 5.74) is 4.70. The number of aliphatic carboxylic acids is 1. The number of fused-ring (bicyclic) bond motifs is 1. The van der Waals surface area contributed by atoms with Gasteiger partial charge in [0.2, 0.25) is 0 Å². The van der Waals surface area contributed by atoms with Crippen LogP contribution in [-0.4, -0.2) is 34.1 Å². The summed E-state index contributed by atoms with van der Waals surface area (Å²) in [6.45, 7) is 0.196. The van der Waals surface area contributed by atoms with Crippen LogP contribution in [0.4, 0.5) is 0 Å². The van der Waals surface area contributed by atoms with Crippen LogP contribution in [0.2, 0.25) is 0 Å². The maximum absolute atomic E-state index is 13.3. The Balaban J connectivity index is 1.34. The number of nitrogens with zero attached hydrogens (tertiary/aromatic N) is 1. The molecule has 0 bridgehead atoms. The fourth-order valence-corrected chi connectivity index (χ4v) is 6.21. The molecule has 0 aromatic heterocycles. The smallest absolute Gasteiger partial charge is 0.323 e. The van der Waals surface area contributed by atoms with Gasteiger partial charge in [-0.2, -0.15) is 0 Å². The lowest BCUT2D eigenvalue weighted by Crippen LogP contribution is -2.41. The lowest BCUT2D eigenvalue weighted by molar-refractivity contribution is -0.138. The van der Waals surface area contributed by atoms with Gasteiger partial charge in [-0.15, -0.1) is 0 Å². The first kappa shape index (κ1) is 24.2. The summed E-state index contributed by atoms with van der Waals surface area (Å²) in [6.07, 6.45) is 3.50. The zero-order valence-electron chi connectivity index (χ0n) is 21.1. The van der Waals surface area contributed by atoms with Crippen LogP contribution in [-0.2, 0) is 21.0 Å². The Labute approximate surface area is 221 Å². The molecule has 3 aromatic rings. The van der Waals surface area contributed by atoms with E-state index in [-0.39, 0.29) is 18.1 Å². The Hall–Kier alpha value is -4.19. The van der Waals surface area contributed by atoms with Crippen LogP contribution in [0.25, 0.3) is 10.8 Å². The zero-order valence-corrected chi connectivity index (χ0v) is 21.1. The molecule has 2 aliphatic carbocycles. The van der Waals surface area contributed by atoms with Crippen molar-refractivity contribution in [3.05, 3.63) is 100 Å². The van der Waals surface area contributed by atoms with E-state index in [0.717, 1.165) is 27.9 Å². The topological polar surface area (TPSA) is 83.9 Å². The summed E-state index contributed by atoms with van der Waals surface area (Å²) in [5.74, 6) is -0.706. The molecule has 6 heteroatoms. The Bertz CT molecular complexity index is 1470. The van der Waals surface area contributed by atoms with Crippen LogP contribution in [0.15, 0.2) is 89.3 Å². The number of allylic oxidation sites excluding steroid dienone is 4. The van der Waals surface area contributed by atoms with Crippen molar-refractivity contribution in [2.45, 2.75) is 51.0 Å². The molecule has 1 heterocycles. The third-order valence-electron chi connectivity index (χ3n) is 7.87.